The molecule has 0 aliphatic carbocycles. The Morgan fingerprint density at radius 1 is 1.62 bits per heavy atom. The van der Waals surface area contributed by atoms with E-state index >= 15 is 0 Å². The van der Waals surface area contributed by atoms with E-state index in [2.05, 4.69) is 41.1 Å². The summed E-state index contributed by atoms with van der Waals surface area (Å²) >= 11 is 0. The van der Waals surface area contributed by atoms with E-state index in [4.69, 9.17) is 0 Å². The second-order valence-corrected chi connectivity index (χ2v) is 4.99. The summed E-state index contributed by atoms with van der Waals surface area (Å²) in [5, 5.41) is 3.63. The van der Waals surface area contributed by atoms with Gasteiger partial charge in [-0.15, -0.1) is 0 Å². The third kappa shape index (κ3) is 2.62. The van der Waals surface area contributed by atoms with E-state index in [1.807, 2.05) is 0 Å². The minimum atomic E-state index is 0.632. The fourth-order valence-electron chi connectivity index (χ4n) is 2.45. The summed E-state index contributed by atoms with van der Waals surface area (Å²) in [4.78, 5) is 9.83. The molecule has 0 spiro atoms. The van der Waals surface area contributed by atoms with Crippen molar-refractivity contribution in [2.45, 2.75) is 32.9 Å². The fraction of sp³-hybridized carbons (Fsp3) is 0.750. The van der Waals surface area contributed by atoms with Gasteiger partial charge < -0.3 is 15.2 Å². The first-order chi connectivity index (χ1) is 7.66. The average Bonchev–Trinajstić information content (AvgIpc) is 2.63. The summed E-state index contributed by atoms with van der Waals surface area (Å²) in [5.41, 5.74) is 2.32. The molecule has 1 aliphatic rings. The number of hydrogen-bond donors (Lipinski definition) is 2. The predicted molar refractivity (Wildman–Crippen MR) is 65.2 cm³/mol. The zero-order chi connectivity index (χ0) is 11.5. The molecule has 4 nitrogen and oxygen atoms in total. The summed E-state index contributed by atoms with van der Waals surface area (Å²) < 4.78 is 0. The summed E-state index contributed by atoms with van der Waals surface area (Å²) in [7, 11) is 2.20. The SMILES string of the molecule is Cc1[nH]cnc1CNC1CCN(C)CC1C. The maximum atomic E-state index is 4.31. The molecule has 16 heavy (non-hydrogen) atoms. The van der Waals surface area contributed by atoms with Crippen molar-refractivity contribution in [1.29, 1.82) is 0 Å². The number of aryl methyl sites for hydroxylation is 1. The van der Waals surface area contributed by atoms with Gasteiger partial charge in [0.15, 0.2) is 0 Å². The molecule has 1 aromatic rings. The van der Waals surface area contributed by atoms with Crippen LogP contribution < -0.4 is 5.32 Å². The van der Waals surface area contributed by atoms with Gasteiger partial charge in [0.25, 0.3) is 0 Å². The highest BCUT2D eigenvalue weighted by molar-refractivity contribution is 5.08. The largest absolute Gasteiger partial charge is 0.348 e. The number of imidazole rings is 1. The molecule has 2 unspecified atom stereocenters. The highest BCUT2D eigenvalue weighted by Gasteiger charge is 2.23. The van der Waals surface area contributed by atoms with Crippen LogP contribution in [0.1, 0.15) is 24.7 Å². The highest BCUT2D eigenvalue weighted by Crippen LogP contribution is 2.15. The molecule has 0 saturated carbocycles. The summed E-state index contributed by atoms with van der Waals surface area (Å²) in [6, 6.07) is 0.632. The van der Waals surface area contributed by atoms with Crippen molar-refractivity contribution in [1.82, 2.24) is 20.2 Å². The highest BCUT2D eigenvalue weighted by atomic mass is 15.1. The smallest absolute Gasteiger partial charge is 0.0925 e. The van der Waals surface area contributed by atoms with Crippen LogP contribution in [0.5, 0.6) is 0 Å². The van der Waals surface area contributed by atoms with Gasteiger partial charge in [-0.1, -0.05) is 6.92 Å². The van der Waals surface area contributed by atoms with Crippen molar-refractivity contribution in [3.05, 3.63) is 17.7 Å². The lowest BCUT2D eigenvalue weighted by molar-refractivity contribution is 0.174. The van der Waals surface area contributed by atoms with Crippen LogP contribution in [0.4, 0.5) is 0 Å². The van der Waals surface area contributed by atoms with Crippen molar-refractivity contribution in [2.24, 2.45) is 5.92 Å². The van der Waals surface area contributed by atoms with E-state index in [9.17, 15) is 0 Å². The van der Waals surface area contributed by atoms with Crippen LogP contribution in [0.25, 0.3) is 0 Å². The monoisotopic (exact) mass is 222 g/mol. The van der Waals surface area contributed by atoms with E-state index in [1.54, 1.807) is 6.33 Å². The lowest BCUT2D eigenvalue weighted by Crippen LogP contribution is -2.46. The standard InChI is InChI=1S/C12H22N4/c1-9-7-16(3)5-4-11(9)13-6-12-10(2)14-8-15-12/h8-9,11,13H,4-7H2,1-3H3,(H,14,15). The van der Waals surface area contributed by atoms with Crippen molar-refractivity contribution >= 4 is 0 Å². The van der Waals surface area contributed by atoms with Gasteiger partial charge in [0.2, 0.25) is 0 Å². The van der Waals surface area contributed by atoms with Gasteiger partial charge in [0.05, 0.1) is 12.0 Å². The van der Waals surface area contributed by atoms with Crippen LogP contribution >= 0.6 is 0 Å². The number of aromatic nitrogens is 2. The quantitative estimate of drug-likeness (QED) is 0.806. The molecule has 0 amide bonds. The van der Waals surface area contributed by atoms with Gasteiger partial charge in [-0.2, -0.15) is 0 Å². The zero-order valence-corrected chi connectivity index (χ0v) is 10.5. The topological polar surface area (TPSA) is 44.0 Å². The van der Waals surface area contributed by atoms with Crippen LogP contribution in [-0.4, -0.2) is 41.0 Å². The molecule has 2 heterocycles. The Hall–Kier alpha value is -0.870. The second-order valence-electron chi connectivity index (χ2n) is 4.99. The molecule has 1 aromatic heterocycles. The molecular weight excluding hydrogens is 200 g/mol. The first-order valence-electron chi connectivity index (χ1n) is 6.07. The second kappa shape index (κ2) is 4.97. The molecule has 1 aliphatic heterocycles. The van der Waals surface area contributed by atoms with Crippen molar-refractivity contribution in [2.75, 3.05) is 20.1 Å². The number of aromatic amines is 1. The fourth-order valence-corrected chi connectivity index (χ4v) is 2.45. The maximum Gasteiger partial charge on any atom is 0.0925 e. The van der Waals surface area contributed by atoms with Crippen LogP contribution in [0.15, 0.2) is 6.33 Å². The minimum absolute atomic E-state index is 0.632. The van der Waals surface area contributed by atoms with Crippen LogP contribution in [-0.2, 0) is 6.54 Å². The molecule has 0 aromatic carbocycles. The lowest BCUT2D eigenvalue weighted by atomic mass is 9.94. The first-order valence-corrected chi connectivity index (χ1v) is 6.07. The van der Waals surface area contributed by atoms with E-state index < -0.39 is 0 Å². The van der Waals surface area contributed by atoms with Crippen LogP contribution in [0.2, 0.25) is 0 Å². The van der Waals surface area contributed by atoms with Crippen molar-refractivity contribution < 1.29 is 0 Å². The van der Waals surface area contributed by atoms with Crippen molar-refractivity contribution in [3.8, 4) is 0 Å². The van der Waals surface area contributed by atoms with Crippen LogP contribution in [0.3, 0.4) is 0 Å². The van der Waals surface area contributed by atoms with E-state index in [1.165, 1.54) is 25.2 Å². The molecule has 1 saturated heterocycles. The number of nitrogens with one attached hydrogen (secondary N) is 2. The Morgan fingerprint density at radius 3 is 3.06 bits per heavy atom. The Kier molecular flexibility index (Phi) is 3.61. The Labute approximate surface area is 97.4 Å². The average molecular weight is 222 g/mol. The minimum Gasteiger partial charge on any atom is -0.348 e. The summed E-state index contributed by atoms with van der Waals surface area (Å²) in [5.74, 6) is 0.720. The Morgan fingerprint density at radius 2 is 2.44 bits per heavy atom. The van der Waals surface area contributed by atoms with Gasteiger partial charge >= 0.3 is 0 Å². The third-order valence-corrected chi connectivity index (χ3v) is 3.57. The van der Waals surface area contributed by atoms with Gasteiger partial charge in [0, 0.05) is 24.8 Å². The molecule has 2 rings (SSSR count). The summed E-state index contributed by atoms with van der Waals surface area (Å²) in [6.07, 6.45) is 3.01. The van der Waals surface area contributed by atoms with E-state index in [0.717, 1.165) is 18.2 Å². The molecule has 1 fully saturated rings. The number of nitrogens with zero attached hydrogens (tertiary/aromatic N) is 2. The number of piperidine rings is 1. The molecule has 2 atom stereocenters. The van der Waals surface area contributed by atoms with E-state index in [-0.39, 0.29) is 0 Å². The number of rotatable bonds is 3. The normalized spacial score (nSPS) is 27.2. The van der Waals surface area contributed by atoms with Gasteiger partial charge in [-0.05, 0) is 32.9 Å². The maximum absolute atomic E-state index is 4.31. The molecular formula is C12H22N4. The Balaban J connectivity index is 1.84. The number of H-pyrrole nitrogens is 1. The number of hydrogen-bond acceptors (Lipinski definition) is 3. The van der Waals surface area contributed by atoms with Crippen molar-refractivity contribution in [3.63, 3.8) is 0 Å². The van der Waals surface area contributed by atoms with Crippen LogP contribution in [0, 0.1) is 12.8 Å². The van der Waals surface area contributed by atoms with E-state index in [0.29, 0.717) is 6.04 Å². The molecule has 2 N–H and O–H groups in total. The van der Waals surface area contributed by atoms with Gasteiger partial charge in [-0.3, -0.25) is 0 Å². The molecule has 0 radical (unpaired) electrons. The number of likely N-dealkylation sites (tertiary alicyclic amines) is 1. The predicted octanol–water partition coefficient (Wildman–Crippen LogP) is 1.15. The summed E-state index contributed by atoms with van der Waals surface area (Å²) in [6.45, 7) is 7.67. The lowest BCUT2D eigenvalue weighted by Gasteiger charge is -2.35. The Bertz CT molecular complexity index is 334. The third-order valence-electron chi connectivity index (χ3n) is 3.57. The first kappa shape index (κ1) is 11.6. The molecule has 90 valence electrons. The van der Waals surface area contributed by atoms with Gasteiger partial charge in [-0.25, -0.2) is 4.98 Å². The molecule has 0 bridgehead atoms. The molecule has 4 heteroatoms. The van der Waals surface area contributed by atoms with Gasteiger partial charge in [0.1, 0.15) is 0 Å². The zero-order valence-electron chi connectivity index (χ0n) is 10.5.